The molecule has 7 nitrogen and oxygen atoms in total. The fourth-order valence-corrected chi connectivity index (χ4v) is 3.76. The van der Waals surface area contributed by atoms with Crippen LogP contribution in [0.1, 0.15) is 42.6 Å². The number of thiazole rings is 1. The van der Waals surface area contributed by atoms with Crippen molar-refractivity contribution < 1.29 is 27.8 Å². The minimum atomic E-state index is -4.63. The number of aliphatic hydroxyl groups excluding tert-OH is 1. The van der Waals surface area contributed by atoms with Crippen LogP contribution in [0, 0.1) is 0 Å². The first-order valence-electron chi connectivity index (χ1n) is 9.61. The molecule has 0 fully saturated rings. The number of amides is 1. The first-order chi connectivity index (χ1) is 14.7. The average Bonchev–Trinajstić information content (AvgIpc) is 3.06. The predicted octanol–water partition coefficient (Wildman–Crippen LogP) is 3.81. The van der Waals surface area contributed by atoms with Crippen LogP contribution in [0.2, 0.25) is 0 Å². The number of hydrogen-bond donors (Lipinski definition) is 1. The predicted molar refractivity (Wildman–Crippen MR) is 109 cm³/mol. The van der Waals surface area contributed by atoms with E-state index in [2.05, 4.69) is 15.0 Å². The summed E-state index contributed by atoms with van der Waals surface area (Å²) in [5.74, 6) is -0.958. The van der Waals surface area contributed by atoms with Crippen molar-refractivity contribution in [3.63, 3.8) is 0 Å². The Labute approximate surface area is 179 Å². The van der Waals surface area contributed by atoms with Gasteiger partial charge in [-0.3, -0.25) is 4.79 Å². The lowest BCUT2D eigenvalue weighted by Gasteiger charge is -2.13. The van der Waals surface area contributed by atoms with Crippen LogP contribution in [0.4, 0.5) is 13.2 Å². The van der Waals surface area contributed by atoms with Gasteiger partial charge < -0.3 is 14.4 Å². The Balaban J connectivity index is 2.10. The number of carbonyl (C=O) groups excluding carboxylic acids is 1. The van der Waals surface area contributed by atoms with Crippen LogP contribution in [0.3, 0.4) is 0 Å². The molecule has 1 amide bonds. The molecule has 3 aromatic rings. The molecular weight excluding hydrogens is 433 g/mol. The summed E-state index contributed by atoms with van der Waals surface area (Å²) in [7, 11) is 0. The van der Waals surface area contributed by atoms with Crippen LogP contribution in [-0.4, -0.2) is 38.3 Å². The number of ether oxygens (including phenoxy) is 1. The number of aryl methyl sites for hydroxylation is 1. The van der Waals surface area contributed by atoms with Crippen LogP contribution in [0.25, 0.3) is 10.3 Å². The van der Waals surface area contributed by atoms with Crippen molar-refractivity contribution in [2.24, 2.45) is 4.99 Å². The van der Waals surface area contributed by atoms with E-state index in [0.29, 0.717) is 27.8 Å². The Hall–Kier alpha value is -2.79. The monoisotopic (exact) mass is 454 g/mol. The highest BCUT2D eigenvalue weighted by Crippen LogP contribution is 2.33. The Morgan fingerprint density at radius 3 is 2.84 bits per heavy atom. The normalized spacial score (nSPS) is 13.5. The molecule has 31 heavy (non-hydrogen) atoms. The maximum atomic E-state index is 13.2. The second-order valence-corrected chi connectivity index (χ2v) is 7.84. The molecule has 0 aliphatic carbocycles. The molecule has 0 saturated carbocycles. The molecule has 2 heterocycles. The van der Waals surface area contributed by atoms with E-state index in [4.69, 9.17) is 4.74 Å². The van der Waals surface area contributed by atoms with Gasteiger partial charge in [0.2, 0.25) is 0 Å². The lowest BCUT2D eigenvalue weighted by molar-refractivity contribution is -0.137. The lowest BCUT2D eigenvalue weighted by atomic mass is 10.1. The number of fused-ring (bicyclic) bond motifs is 1. The fraction of sp³-hybridized carbons (Fsp3) is 0.400. The molecule has 3 rings (SSSR count). The summed E-state index contributed by atoms with van der Waals surface area (Å²) in [6.07, 6.45) is -0.792. The molecule has 0 saturated heterocycles. The summed E-state index contributed by atoms with van der Waals surface area (Å²) in [5, 5.41) is 9.43. The molecule has 0 aliphatic heterocycles. The Kier molecular flexibility index (Phi) is 7.06. The molecule has 166 valence electrons. The van der Waals surface area contributed by atoms with Crippen molar-refractivity contribution in [3.05, 3.63) is 46.7 Å². The van der Waals surface area contributed by atoms with E-state index in [-0.39, 0.29) is 17.9 Å². The standard InChI is InChI=1S/C20H21F3N4O3S/c1-3-4-7-27-15-9-24-11-25-18(15)31-19(27)26-17(29)14-8-13(20(21,22)23)5-6-16(14)30-10-12(2)28/h5-6,8-9,11-12,28H,3-4,7,10H2,1-2H3/b26-19-/t12-/m0/s1. The van der Waals surface area contributed by atoms with E-state index < -0.39 is 23.8 Å². The van der Waals surface area contributed by atoms with Gasteiger partial charge in [0, 0.05) is 6.54 Å². The highest BCUT2D eigenvalue weighted by molar-refractivity contribution is 7.15. The molecule has 0 spiro atoms. The summed E-state index contributed by atoms with van der Waals surface area (Å²) >= 11 is 1.15. The highest BCUT2D eigenvalue weighted by Gasteiger charge is 2.32. The highest BCUT2D eigenvalue weighted by atomic mass is 32.1. The largest absolute Gasteiger partial charge is 0.490 e. The molecule has 2 aromatic heterocycles. The fourth-order valence-electron chi connectivity index (χ4n) is 2.79. The summed E-state index contributed by atoms with van der Waals surface area (Å²) < 4.78 is 46.8. The van der Waals surface area contributed by atoms with Gasteiger partial charge in [0.1, 0.15) is 23.5 Å². The molecule has 1 atom stereocenters. The maximum Gasteiger partial charge on any atom is 0.416 e. The smallest absolute Gasteiger partial charge is 0.416 e. The molecule has 0 unspecified atom stereocenters. The maximum absolute atomic E-state index is 13.2. The minimum absolute atomic E-state index is 0.0799. The Morgan fingerprint density at radius 2 is 2.16 bits per heavy atom. The summed E-state index contributed by atoms with van der Waals surface area (Å²) in [6, 6.07) is 2.60. The van der Waals surface area contributed by atoms with Gasteiger partial charge in [0.05, 0.1) is 28.9 Å². The lowest BCUT2D eigenvalue weighted by Crippen LogP contribution is -2.19. The Morgan fingerprint density at radius 1 is 1.39 bits per heavy atom. The van der Waals surface area contributed by atoms with Gasteiger partial charge in [-0.05, 0) is 31.5 Å². The van der Waals surface area contributed by atoms with E-state index in [1.807, 2.05) is 6.92 Å². The summed E-state index contributed by atoms with van der Waals surface area (Å²) in [6.45, 7) is 3.86. The van der Waals surface area contributed by atoms with Gasteiger partial charge in [-0.1, -0.05) is 24.7 Å². The number of unbranched alkanes of at least 4 members (excludes halogenated alkanes) is 1. The third-order valence-electron chi connectivity index (χ3n) is 4.32. The zero-order chi connectivity index (χ0) is 22.6. The molecule has 0 radical (unpaired) electrons. The van der Waals surface area contributed by atoms with Crippen LogP contribution < -0.4 is 9.54 Å². The number of halogens is 3. The van der Waals surface area contributed by atoms with Crippen LogP contribution in [0.5, 0.6) is 5.75 Å². The van der Waals surface area contributed by atoms with E-state index in [9.17, 15) is 23.1 Å². The molecule has 1 N–H and O–H groups in total. The molecule has 0 bridgehead atoms. The number of hydrogen-bond acceptors (Lipinski definition) is 6. The van der Waals surface area contributed by atoms with Crippen molar-refractivity contribution in [3.8, 4) is 5.75 Å². The van der Waals surface area contributed by atoms with Crippen molar-refractivity contribution in [2.75, 3.05) is 6.61 Å². The van der Waals surface area contributed by atoms with E-state index in [1.54, 1.807) is 10.8 Å². The van der Waals surface area contributed by atoms with E-state index in [1.165, 1.54) is 13.3 Å². The van der Waals surface area contributed by atoms with Crippen molar-refractivity contribution >= 4 is 27.6 Å². The first kappa shape index (κ1) is 22.9. The topological polar surface area (TPSA) is 89.6 Å². The van der Waals surface area contributed by atoms with E-state index >= 15 is 0 Å². The molecular formula is C20H21F3N4O3S. The third-order valence-corrected chi connectivity index (χ3v) is 5.32. The number of aliphatic hydroxyl groups is 1. The van der Waals surface area contributed by atoms with Crippen molar-refractivity contribution in [2.45, 2.75) is 45.5 Å². The quantitative estimate of drug-likeness (QED) is 0.586. The van der Waals surface area contributed by atoms with Crippen LogP contribution in [0.15, 0.2) is 35.7 Å². The first-order valence-corrected chi connectivity index (χ1v) is 10.4. The number of carbonyl (C=O) groups is 1. The number of nitrogens with zero attached hydrogens (tertiary/aromatic N) is 4. The third kappa shape index (κ3) is 5.47. The van der Waals surface area contributed by atoms with Gasteiger partial charge in [-0.15, -0.1) is 0 Å². The molecule has 11 heteroatoms. The Bertz CT molecular complexity index is 1140. The average molecular weight is 454 g/mol. The van der Waals surface area contributed by atoms with Gasteiger partial charge in [0.25, 0.3) is 5.91 Å². The molecule has 1 aromatic carbocycles. The molecule has 0 aliphatic rings. The number of alkyl halides is 3. The van der Waals surface area contributed by atoms with Gasteiger partial charge in [-0.2, -0.15) is 18.2 Å². The minimum Gasteiger partial charge on any atom is -0.490 e. The second-order valence-electron chi connectivity index (χ2n) is 6.89. The van der Waals surface area contributed by atoms with Crippen molar-refractivity contribution in [1.82, 2.24) is 14.5 Å². The van der Waals surface area contributed by atoms with Gasteiger partial charge in [-0.25, -0.2) is 9.97 Å². The SMILES string of the molecule is CCCCn1/c(=N/C(=O)c2cc(C(F)(F)F)ccc2OC[C@H](C)O)sc2ncncc21. The van der Waals surface area contributed by atoms with Gasteiger partial charge in [0.15, 0.2) is 4.80 Å². The second kappa shape index (κ2) is 9.56. The summed E-state index contributed by atoms with van der Waals surface area (Å²) in [4.78, 5) is 26.2. The summed E-state index contributed by atoms with van der Waals surface area (Å²) in [5.41, 5.74) is -0.625. The van der Waals surface area contributed by atoms with Gasteiger partial charge >= 0.3 is 6.18 Å². The number of rotatable bonds is 7. The van der Waals surface area contributed by atoms with Crippen LogP contribution >= 0.6 is 11.3 Å². The van der Waals surface area contributed by atoms with E-state index in [0.717, 1.165) is 36.3 Å². The zero-order valence-corrected chi connectivity index (χ0v) is 17.7. The number of aromatic nitrogens is 3. The number of benzene rings is 1. The van der Waals surface area contributed by atoms with Crippen molar-refractivity contribution in [1.29, 1.82) is 0 Å². The zero-order valence-electron chi connectivity index (χ0n) is 16.9. The van der Waals surface area contributed by atoms with Crippen LogP contribution in [-0.2, 0) is 12.7 Å².